The lowest BCUT2D eigenvalue weighted by molar-refractivity contribution is -0.131. The Kier molecular flexibility index (Phi) is 6.15. The third kappa shape index (κ3) is 4.42. The minimum atomic E-state index is -3.62. The lowest BCUT2D eigenvalue weighted by Crippen LogP contribution is -2.50. The molecule has 5 nitrogen and oxygen atoms in total. The molecule has 1 unspecified atom stereocenters. The minimum absolute atomic E-state index is 0.151. The van der Waals surface area contributed by atoms with E-state index >= 15 is 0 Å². The molecule has 0 aromatic heterocycles. The van der Waals surface area contributed by atoms with Crippen LogP contribution in [0.15, 0.2) is 18.2 Å². The zero-order valence-electron chi connectivity index (χ0n) is 14.5. The van der Waals surface area contributed by atoms with Gasteiger partial charge in [0.05, 0.1) is 11.9 Å². The molecule has 1 aliphatic heterocycles. The number of nitrogens with zero attached hydrogens (tertiary/aromatic N) is 2. The summed E-state index contributed by atoms with van der Waals surface area (Å²) in [5, 5.41) is 0.443. The largest absolute Gasteiger partial charge is 0.341 e. The Labute approximate surface area is 149 Å². The average Bonchev–Trinajstić information content (AvgIpc) is 2.78. The molecule has 134 valence electrons. The van der Waals surface area contributed by atoms with Gasteiger partial charge in [0.1, 0.15) is 6.04 Å². The van der Waals surface area contributed by atoms with Gasteiger partial charge >= 0.3 is 0 Å². The van der Waals surface area contributed by atoms with Gasteiger partial charge in [0.25, 0.3) is 0 Å². The molecule has 24 heavy (non-hydrogen) atoms. The number of hydrogen-bond acceptors (Lipinski definition) is 3. The first-order valence-electron chi connectivity index (χ1n) is 8.26. The van der Waals surface area contributed by atoms with E-state index in [-0.39, 0.29) is 5.91 Å². The van der Waals surface area contributed by atoms with Crippen LogP contribution >= 0.6 is 11.6 Å². The molecule has 1 saturated heterocycles. The standard InChI is InChI=1S/C17H25ClN2O3S/c1-13-8-9-15(18)12-16(13)20(24(3,22)23)14(2)17(21)19-10-6-4-5-7-11-19/h8-9,12,14H,4-7,10-11H2,1-3H3. The predicted octanol–water partition coefficient (Wildman–Crippen LogP) is 3.21. The van der Waals surface area contributed by atoms with E-state index in [1.54, 1.807) is 30.0 Å². The summed E-state index contributed by atoms with van der Waals surface area (Å²) in [5.41, 5.74) is 1.22. The van der Waals surface area contributed by atoms with Gasteiger partial charge in [-0.2, -0.15) is 0 Å². The third-order valence-electron chi connectivity index (χ3n) is 4.39. The maximum atomic E-state index is 12.9. The molecule has 0 saturated carbocycles. The van der Waals surface area contributed by atoms with E-state index < -0.39 is 16.1 Å². The topological polar surface area (TPSA) is 57.7 Å². The third-order valence-corrected chi connectivity index (χ3v) is 5.86. The fourth-order valence-corrected chi connectivity index (χ4v) is 4.54. The van der Waals surface area contributed by atoms with Crippen molar-refractivity contribution in [2.24, 2.45) is 0 Å². The summed E-state index contributed by atoms with van der Waals surface area (Å²) >= 11 is 6.05. The highest BCUT2D eigenvalue weighted by Crippen LogP contribution is 2.29. The predicted molar refractivity (Wildman–Crippen MR) is 98.0 cm³/mol. The Hall–Kier alpha value is -1.27. The van der Waals surface area contributed by atoms with Crippen molar-refractivity contribution in [3.05, 3.63) is 28.8 Å². The molecule has 1 aromatic rings. The van der Waals surface area contributed by atoms with Crippen LogP contribution in [0.5, 0.6) is 0 Å². The number of benzene rings is 1. The summed E-state index contributed by atoms with van der Waals surface area (Å²) in [5.74, 6) is -0.151. The molecule has 0 aliphatic carbocycles. The molecule has 1 aromatic carbocycles. The van der Waals surface area contributed by atoms with Gasteiger partial charge in [-0.3, -0.25) is 9.10 Å². The minimum Gasteiger partial charge on any atom is -0.341 e. The van der Waals surface area contributed by atoms with E-state index in [1.807, 2.05) is 6.92 Å². The second-order valence-corrected chi connectivity index (χ2v) is 8.70. The van der Waals surface area contributed by atoms with Gasteiger partial charge < -0.3 is 4.90 Å². The van der Waals surface area contributed by atoms with Gasteiger partial charge in [-0.05, 0) is 44.4 Å². The number of carbonyl (C=O) groups excluding carboxylic acids is 1. The fourth-order valence-electron chi connectivity index (χ4n) is 3.15. The van der Waals surface area contributed by atoms with E-state index in [4.69, 9.17) is 11.6 Å². The van der Waals surface area contributed by atoms with Crippen LogP contribution < -0.4 is 4.31 Å². The number of likely N-dealkylation sites (tertiary alicyclic amines) is 1. The Bertz CT molecular complexity index is 698. The molecular formula is C17H25ClN2O3S. The highest BCUT2D eigenvalue weighted by molar-refractivity contribution is 7.92. The van der Waals surface area contributed by atoms with Gasteiger partial charge in [0, 0.05) is 18.1 Å². The lowest BCUT2D eigenvalue weighted by atomic mass is 10.1. The van der Waals surface area contributed by atoms with Crippen LogP contribution in [0.25, 0.3) is 0 Å². The van der Waals surface area contributed by atoms with Crippen molar-refractivity contribution in [3.8, 4) is 0 Å². The summed E-state index contributed by atoms with van der Waals surface area (Å²) in [6.45, 7) is 4.84. The number of sulfonamides is 1. The SMILES string of the molecule is Cc1ccc(Cl)cc1N(C(C)C(=O)N1CCCCCC1)S(C)(=O)=O. The van der Waals surface area contributed by atoms with Crippen molar-refractivity contribution in [3.63, 3.8) is 0 Å². The number of anilines is 1. The van der Waals surface area contributed by atoms with Gasteiger partial charge in [0.2, 0.25) is 15.9 Å². The van der Waals surface area contributed by atoms with E-state index in [9.17, 15) is 13.2 Å². The summed E-state index contributed by atoms with van der Waals surface area (Å²) < 4.78 is 26.0. The molecular weight excluding hydrogens is 348 g/mol. The molecule has 0 N–H and O–H groups in total. The molecule has 0 bridgehead atoms. The Morgan fingerprint density at radius 3 is 2.33 bits per heavy atom. The van der Waals surface area contributed by atoms with Crippen molar-refractivity contribution in [2.75, 3.05) is 23.7 Å². The van der Waals surface area contributed by atoms with Crippen LogP contribution in [0, 0.1) is 6.92 Å². The van der Waals surface area contributed by atoms with Crippen molar-refractivity contribution < 1.29 is 13.2 Å². The molecule has 1 atom stereocenters. The van der Waals surface area contributed by atoms with Gasteiger partial charge in [-0.25, -0.2) is 8.42 Å². The molecule has 0 spiro atoms. The Morgan fingerprint density at radius 1 is 1.21 bits per heavy atom. The van der Waals surface area contributed by atoms with Crippen LogP contribution in [0.2, 0.25) is 5.02 Å². The average molecular weight is 373 g/mol. The van der Waals surface area contributed by atoms with Gasteiger partial charge in [-0.1, -0.05) is 30.5 Å². The van der Waals surface area contributed by atoms with Crippen LogP contribution in [0.3, 0.4) is 0 Å². The number of halogens is 1. The van der Waals surface area contributed by atoms with Crippen LogP contribution in [0.1, 0.15) is 38.2 Å². The quantitative estimate of drug-likeness (QED) is 0.815. The van der Waals surface area contributed by atoms with Crippen molar-refractivity contribution in [2.45, 2.75) is 45.6 Å². The number of hydrogen-bond donors (Lipinski definition) is 0. The second-order valence-electron chi connectivity index (χ2n) is 6.41. The maximum absolute atomic E-state index is 12.9. The smallest absolute Gasteiger partial charge is 0.246 e. The van der Waals surface area contributed by atoms with Gasteiger partial charge in [0.15, 0.2) is 0 Å². The Morgan fingerprint density at radius 2 is 1.79 bits per heavy atom. The van der Waals surface area contributed by atoms with Crippen molar-refractivity contribution in [1.29, 1.82) is 0 Å². The maximum Gasteiger partial charge on any atom is 0.246 e. The summed E-state index contributed by atoms with van der Waals surface area (Å²) in [6.07, 6.45) is 5.28. The second kappa shape index (κ2) is 7.74. The molecule has 1 amide bonds. The van der Waals surface area contributed by atoms with Crippen LogP contribution in [-0.4, -0.2) is 44.6 Å². The lowest BCUT2D eigenvalue weighted by Gasteiger charge is -2.33. The number of aryl methyl sites for hydroxylation is 1. The molecule has 7 heteroatoms. The molecule has 2 rings (SSSR count). The first kappa shape index (κ1) is 19.1. The summed E-state index contributed by atoms with van der Waals surface area (Å²) in [7, 11) is -3.62. The van der Waals surface area contributed by atoms with Crippen molar-refractivity contribution in [1.82, 2.24) is 4.90 Å². The van der Waals surface area contributed by atoms with Gasteiger partial charge in [-0.15, -0.1) is 0 Å². The number of rotatable bonds is 4. The first-order valence-corrected chi connectivity index (χ1v) is 10.5. The molecule has 1 heterocycles. The van der Waals surface area contributed by atoms with E-state index in [0.29, 0.717) is 23.8 Å². The van der Waals surface area contributed by atoms with E-state index in [1.165, 1.54) is 4.31 Å². The highest BCUT2D eigenvalue weighted by atomic mass is 35.5. The van der Waals surface area contributed by atoms with Crippen LogP contribution in [-0.2, 0) is 14.8 Å². The Balaban J connectivity index is 2.37. The molecule has 1 aliphatic rings. The monoisotopic (exact) mass is 372 g/mol. The van der Waals surface area contributed by atoms with E-state index in [0.717, 1.165) is 37.5 Å². The normalized spacial score (nSPS) is 17.2. The fraction of sp³-hybridized carbons (Fsp3) is 0.588. The van der Waals surface area contributed by atoms with Crippen LogP contribution in [0.4, 0.5) is 5.69 Å². The zero-order chi connectivity index (χ0) is 17.9. The van der Waals surface area contributed by atoms with E-state index in [2.05, 4.69) is 0 Å². The molecule has 1 fully saturated rings. The number of carbonyl (C=O) groups is 1. The van der Waals surface area contributed by atoms with Crippen molar-refractivity contribution >= 4 is 33.2 Å². The zero-order valence-corrected chi connectivity index (χ0v) is 16.0. The summed E-state index contributed by atoms with van der Waals surface area (Å²) in [4.78, 5) is 14.7. The highest BCUT2D eigenvalue weighted by Gasteiger charge is 2.33. The summed E-state index contributed by atoms with van der Waals surface area (Å²) in [6, 6.07) is 4.28. The first-order chi connectivity index (χ1) is 11.2. The molecule has 0 radical (unpaired) electrons. The number of amides is 1.